The van der Waals surface area contributed by atoms with Gasteiger partial charge in [0.2, 0.25) is 11.8 Å². The summed E-state index contributed by atoms with van der Waals surface area (Å²) in [6.07, 6.45) is 3.21. The number of anilines is 1. The van der Waals surface area contributed by atoms with E-state index in [1.54, 1.807) is 24.3 Å². The van der Waals surface area contributed by atoms with Gasteiger partial charge in [-0.05, 0) is 30.7 Å². The molecule has 0 aliphatic carbocycles. The number of para-hydroxylation sites is 1. The maximum absolute atomic E-state index is 12.7. The van der Waals surface area contributed by atoms with Crippen LogP contribution in [-0.2, 0) is 16.0 Å². The summed E-state index contributed by atoms with van der Waals surface area (Å²) in [4.78, 5) is 46.1. The molecule has 0 bridgehead atoms. The van der Waals surface area contributed by atoms with E-state index in [4.69, 9.17) is 0 Å². The van der Waals surface area contributed by atoms with Gasteiger partial charge in [-0.1, -0.05) is 18.2 Å². The fraction of sp³-hybridized carbons (Fsp3) is 0.391. The Hall–Kier alpha value is -3.26. The minimum atomic E-state index is -0.719. The number of hydrogen-bond donors (Lipinski definition) is 2. The molecule has 1 atom stereocenters. The number of aromatic nitrogens is 1. The van der Waals surface area contributed by atoms with Crippen molar-refractivity contribution in [1.82, 2.24) is 20.1 Å². The van der Waals surface area contributed by atoms with E-state index in [-0.39, 0.29) is 30.6 Å². The fourth-order valence-electron chi connectivity index (χ4n) is 3.98. The van der Waals surface area contributed by atoms with Gasteiger partial charge in [0, 0.05) is 57.5 Å². The molecule has 4 rings (SSSR count). The second-order valence-electron chi connectivity index (χ2n) is 7.89. The van der Waals surface area contributed by atoms with Crippen molar-refractivity contribution < 1.29 is 14.4 Å². The zero-order chi connectivity index (χ0) is 21.6. The van der Waals surface area contributed by atoms with Crippen molar-refractivity contribution in [2.24, 2.45) is 0 Å². The lowest BCUT2D eigenvalue weighted by atomic mass is 10.1. The second kappa shape index (κ2) is 9.70. The fourth-order valence-corrected chi connectivity index (χ4v) is 3.98. The molecule has 0 spiro atoms. The zero-order valence-electron chi connectivity index (χ0n) is 17.4. The Balaban J connectivity index is 1.22. The number of pyridine rings is 1. The van der Waals surface area contributed by atoms with E-state index in [1.807, 2.05) is 29.3 Å². The average molecular weight is 422 g/mol. The van der Waals surface area contributed by atoms with Crippen LogP contribution < -0.4 is 10.6 Å². The van der Waals surface area contributed by atoms with Crippen LogP contribution >= 0.6 is 0 Å². The first-order chi connectivity index (χ1) is 15.1. The van der Waals surface area contributed by atoms with Crippen LogP contribution in [0, 0.1) is 0 Å². The van der Waals surface area contributed by atoms with Gasteiger partial charge >= 0.3 is 0 Å². The van der Waals surface area contributed by atoms with Crippen LogP contribution in [0.15, 0.2) is 48.7 Å². The first-order valence-electron chi connectivity index (χ1n) is 10.7. The van der Waals surface area contributed by atoms with Crippen molar-refractivity contribution in [3.63, 3.8) is 0 Å². The molecule has 2 aliphatic heterocycles. The van der Waals surface area contributed by atoms with Crippen LogP contribution in [0.4, 0.5) is 5.69 Å². The summed E-state index contributed by atoms with van der Waals surface area (Å²) in [5.41, 5.74) is 2.01. The van der Waals surface area contributed by atoms with E-state index in [0.717, 1.165) is 31.7 Å². The van der Waals surface area contributed by atoms with Crippen molar-refractivity contribution >= 4 is 23.4 Å². The van der Waals surface area contributed by atoms with Crippen molar-refractivity contribution in [3.05, 3.63) is 59.9 Å². The zero-order valence-corrected chi connectivity index (χ0v) is 17.4. The lowest BCUT2D eigenvalue weighted by molar-refractivity contribution is -0.133. The number of piperazine rings is 1. The maximum atomic E-state index is 12.7. The van der Waals surface area contributed by atoms with E-state index in [2.05, 4.69) is 20.5 Å². The summed E-state index contributed by atoms with van der Waals surface area (Å²) in [5.74, 6) is -0.563. The Morgan fingerprint density at radius 1 is 1.03 bits per heavy atom. The molecule has 31 heavy (non-hydrogen) atoms. The standard InChI is InChI=1S/C23H27N5O3/c29-21(28-15-13-27(14-16-28)12-10-17-5-3-4-11-24-17)9-8-20-23(31)25-19-7-2-1-6-18(19)22(30)26-20/h1-7,11,20H,8-10,12-16H2,(H,25,31)(H,26,30)/t20-/m0/s1. The highest BCUT2D eigenvalue weighted by atomic mass is 16.2. The number of amides is 3. The van der Waals surface area contributed by atoms with Gasteiger partial charge in [0.15, 0.2) is 0 Å². The Bertz CT molecular complexity index is 941. The molecule has 162 valence electrons. The molecule has 1 saturated heterocycles. The highest BCUT2D eigenvalue weighted by Gasteiger charge is 2.29. The summed E-state index contributed by atoms with van der Waals surface area (Å²) in [6.45, 7) is 3.93. The molecule has 2 N–H and O–H groups in total. The van der Waals surface area contributed by atoms with Crippen LogP contribution in [0.25, 0.3) is 0 Å². The Labute approximate surface area is 181 Å². The lowest BCUT2D eigenvalue weighted by Crippen LogP contribution is -2.49. The molecule has 0 unspecified atom stereocenters. The van der Waals surface area contributed by atoms with E-state index in [1.165, 1.54) is 0 Å². The second-order valence-corrected chi connectivity index (χ2v) is 7.89. The SMILES string of the molecule is O=C1N[C@@H](CCC(=O)N2CCN(CCc3ccccn3)CC2)C(=O)Nc2ccccc21. The Morgan fingerprint density at radius 2 is 1.81 bits per heavy atom. The number of nitrogens with one attached hydrogen (secondary N) is 2. The van der Waals surface area contributed by atoms with E-state index < -0.39 is 6.04 Å². The predicted octanol–water partition coefficient (Wildman–Crippen LogP) is 1.30. The summed E-state index contributed by atoms with van der Waals surface area (Å²) >= 11 is 0. The number of nitrogens with zero attached hydrogens (tertiary/aromatic N) is 3. The number of fused-ring (bicyclic) bond motifs is 1. The number of benzene rings is 1. The molecule has 8 nitrogen and oxygen atoms in total. The summed E-state index contributed by atoms with van der Waals surface area (Å²) in [6, 6.07) is 12.1. The molecular weight excluding hydrogens is 394 g/mol. The van der Waals surface area contributed by atoms with Gasteiger partial charge in [0.1, 0.15) is 6.04 Å². The van der Waals surface area contributed by atoms with Gasteiger partial charge in [0.25, 0.3) is 5.91 Å². The van der Waals surface area contributed by atoms with Crippen LogP contribution in [-0.4, -0.2) is 71.3 Å². The van der Waals surface area contributed by atoms with Crippen LogP contribution in [0.5, 0.6) is 0 Å². The third-order valence-corrected chi connectivity index (χ3v) is 5.83. The van der Waals surface area contributed by atoms with E-state index >= 15 is 0 Å². The molecule has 8 heteroatoms. The van der Waals surface area contributed by atoms with Gasteiger partial charge in [-0.2, -0.15) is 0 Å². The molecule has 0 saturated carbocycles. The molecular formula is C23H27N5O3. The van der Waals surface area contributed by atoms with Crippen molar-refractivity contribution in [2.75, 3.05) is 38.0 Å². The molecule has 0 radical (unpaired) electrons. The van der Waals surface area contributed by atoms with Gasteiger partial charge < -0.3 is 15.5 Å². The minimum Gasteiger partial charge on any atom is -0.340 e. The molecule has 3 heterocycles. The molecule has 1 aromatic heterocycles. The average Bonchev–Trinajstić information content (AvgIpc) is 2.93. The number of hydrogen-bond acceptors (Lipinski definition) is 5. The van der Waals surface area contributed by atoms with E-state index in [9.17, 15) is 14.4 Å². The summed E-state index contributed by atoms with van der Waals surface area (Å²) in [5, 5.41) is 5.53. The van der Waals surface area contributed by atoms with Crippen molar-refractivity contribution in [3.8, 4) is 0 Å². The normalized spacial score (nSPS) is 19.2. The lowest BCUT2D eigenvalue weighted by Gasteiger charge is -2.35. The maximum Gasteiger partial charge on any atom is 0.254 e. The van der Waals surface area contributed by atoms with Gasteiger partial charge in [-0.25, -0.2) is 0 Å². The molecule has 2 aromatic rings. The third-order valence-electron chi connectivity index (χ3n) is 5.83. The van der Waals surface area contributed by atoms with Crippen LogP contribution in [0.1, 0.15) is 28.9 Å². The quantitative estimate of drug-likeness (QED) is 0.733. The first kappa shape index (κ1) is 21.0. The monoisotopic (exact) mass is 421 g/mol. The third kappa shape index (κ3) is 5.27. The number of carbonyl (C=O) groups is 3. The molecule has 2 aliphatic rings. The van der Waals surface area contributed by atoms with E-state index in [0.29, 0.717) is 24.3 Å². The highest BCUT2D eigenvalue weighted by Crippen LogP contribution is 2.19. The van der Waals surface area contributed by atoms with Gasteiger partial charge in [-0.3, -0.25) is 24.3 Å². The molecule has 3 amide bonds. The van der Waals surface area contributed by atoms with Crippen LogP contribution in [0.3, 0.4) is 0 Å². The number of rotatable bonds is 6. The molecule has 1 fully saturated rings. The number of carbonyl (C=O) groups excluding carboxylic acids is 3. The van der Waals surface area contributed by atoms with Crippen LogP contribution in [0.2, 0.25) is 0 Å². The highest BCUT2D eigenvalue weighted by molar-refractivity contribution is 6.09. The topological polar surface area (TPSA) is 94.6 Å². The summed E-state index contributed by atoms with van der Waals surface area (Å²) < 4.78 is 0. The van der Waals surface area contributed by atoms with Crippen molar-refractivity contribution in [2.45, 2.75) is 25.3 Å². The molecule has 1 aromatic carbocycles. The largest absolute Gasteiger partial charge is 0.340 e. The van der Waals surface area contributed by atoms with Crippen molar-refractivity contribution in [1.29, 1.82) is 0 Å². The predicted molar refractivity (Wildman–Crippen MR) is 117 cm³/mol. The Morgan fingerprint density at radius 3 is 2.58 bits per heavy atom. The summed E-state index contributed by atoms with van der Waals surface area (Å²) in [7, 11) is 0. The Kier molecular flexibility index (Phi) is 6.57. The minimum absolute atomic E-state index is 0.0215. The smallest absolute Gasteiger partial charge is 0.254 e. The van der Waals surface area contributed by atoms with Gasteiger partial charge in [-0.15, -0.1) is 0 Å². The van der Waals surface area contributed by atoms with Gasteiger partial charge in [0.05, 0.1) is 11.3 Å². The first-order valence-corrected chi connectivity index (χ1v) is 10.7.